The lowest BCUT2D eigenvalue weighted by molar-refractivity contribution is -0.130. The van der Waals surface area contributed by atoms with E-state index in [0.717, 1.165) is 11.3 Å². The average molecular weight is 245 g/mol. The van der Waals surface area contributed by atoms with Gasteiger partial charge in [-0.1, -0.05) is 43.8 Å². The van der Waals surface area contributed by atoms with Crippen molar-refractivity contribution in [2.75, 3.05) is 0 Å². The molecule has 0 spiro atoms. The summed E-state index contributed by atoms with van der Waals surface area (Å²) < 4.78 is 0. The van der Waals surface area contributed by atoms with Gasteiger partial charge in [-0.05, 0) is 12.5 Å². The van der Waals surface area contributed by atoms with Crippen molar-refractivity contribution in [3.05, 3.63) is 48.2 Å². The van der Waals surface area contributed by atoms with E-state index in [9.17, 15) is 9.90 Å². The summed E-state index contributed by atoms with van der Waals surface area (Å²) in [5.41, 5.74) is 1.80. The van der Waals surface area contributed by atoms with E-state index >= 15 is 0 Å². The second kappa shape index (κ2) is 4.94. The van der Waals surface area contributed by atoms with Crippen LogP contribution in [0.2, 0.25) is 0 Å². The number of carbonyl (C=O) groups is 1. The summed E-state index contributed by atoms with van der Waals surface area (Å²) in [5, 5.41) is 9.75. The van der Waals surface area contributed by atoms with Gasteiger partial charge in [-0.15, -0.1) is 0 Å². The quantitative estimate of drug-likeness (QED) is 0.886. The molecule has 3 nitrogen and oxygen atoms in total. The molecule has 0 saturated carbocycles. The van der Waals surface area contributed by atoms with Gasteiger partial charge >= 0.3 is 0 Å². The predicted molar refractivity (Wildman–Crippen MR) is 70.5 cm³/mol. The zero-order valence-electron chi connectivity index (χ0n) is 10.8. The van der Waals surface area contributed by atoms with Gasteiger partial charge in [-0.25, -0.2) is 0 Å². The van der Waals surface area contributed by atoms with Gasteiger partial charge in [0.25, 0.3) is 0 Å². The second-order valence-corrected chi connectivity index (χ2v) is 4.96. The summed E-state index contributed by atoms with van der Waals surface area (Å²) in [5.74, 6) is -0.308. The number of likely N-dealkylation sites (tertiary alicyclic amines) is 1. The summed E-state index contributed by atoms with van der Waals surface area (Å²) in [6, 6.07) is 9.83. The number of aliphatic hydroxyl groups is 1. The van der Waals surface area contributed by atoms with Crippen LogP contribution in [0.3, 0.4) is 0 Å². The molecule has 1 fully saturated rings. The van der Waals surface area contributed by atoms with Crippen molar-refractivity contribution in [3.8, 4) is 0 Å². The van der Waals surface area contributed by atoms with Gasteiger partial charge in [0.2, 0.25) is 5.91 Å². The Morgan fingerprint density at radius 3 is 2.50 bits per heavy atom. The predicted octanol–water partition coefficient (Wildman–Crippen LogP) is 2.18. The molecule has 96 valence electrons. The van der Waals surface area contributed by atoms with E-state index in [-0.39, 0.29) is 17.7 Å². The fraction of sp³-hybridized carbons (Fsp3) is 0.400. The number of nitrogens with zero attached hydrogens (tertiary/aromatic N) is 1. The van der Waals surface area contributed by atoms with Crippen LogP contribution in [0.25, 0.3) is 0 Å². The lowest BCUT2D eigenvalue weighted by atomic mass is 9.91. The summed E-state index contributed by atoms with van der Waals surface area (Å²) in [6.45, 7) is 8.09. The molecule has 0 aromatic heterocycles. The topological polar surface area (TPSA) is 40.5 Å². The third kappa shape index (κ3) is 2.18. The number of hydrogen-bond donors (Lipinski definition) is 1. The fourth-order valence-electron chi connectivity index (χ4n) is 2.65. The maximum Gasteiger partial charge on any atom is 0.230 e. The molecule has 0 unspecified atom stereocenters. The Kier molecular flexibility index (Phi) is 3.53. The maximum absolute atomic E-state index is 12.2. The summed E-state index contributed by atoms with van der Waals surface area (Å²) >= 11 is 0. The molecule has 2 rings (SSSR count). The Labute approximate surface area is 108 Å². The molecule has 3 atom stereocenters. The van der Waals surface area contributed by atoms with Crippen molar-refractivity contribution in [1.29, 1.82) is 0 Å². The molecule has 1 aliphatic rings. The van der Waals surface area contributed by atoms with E-state index in [1.54, 1.807) is 11.8 Å². The minimum Gasteiger partial charge on any atom is -0.393 e. The van der Waals surface area contributed by atoms with Crippen molar-refractivity contribution >= 4 is 5.91 Å². The zero-order valence-corrected chi connectivity index (χ0v) is 10.8. The standard InChI is InChI=1S/C15H19NO2/c1-10-14(12(3)17)11(2)16(15(10)18)9-13-7-5-4-6-8-13/h4-8,10,12,14,17H,2,9H2,1,3H3/t10-,12+,14-/m1/s1. The molecule has 1 aromatic carbocycles. The van der Waals surface area contributed by atoms with E-state index in [2.05, 4.69) is 6.58 Å². The van der Waals surface area contributed by atoms with Crippen molar-refractivity contribution < 1.29 is 9.90 Å². The minimum absolute atomic E-state index is 0.0507. The molecule has 1 aromatic rings. The lowest BCUT2D eigenvalue weighted by Crippen LogP contribution is -2.24. The monoisotopic (exact) mass is 245 g/mol. The number of benzene rings is 1. The highest BCUT2D eigenvalue weighted by Crippen LogP contribution is 2.36. The normalized spacial score (nSPS) is 25.6. The van der Waals surface area contributed by atoms with Crippen LogP contribution >= 0.6 is 0 Å². The SMILES string of the molecule is C=C1[C@H]([C@H](C)O)[C@@H](C)C(=O)N1Cc1ccccc1. The van der Waals surface area contributed by atoms with E-state index in [1.807, 2.05) is 37.3 Å². The first kappa shape index (κ1) is 12.8. The van der Waals surface area contributed by atoms with Gasteiger partial charge in [0.05, 0.1) is 12.6 Å². The van der Waals surface area contributed by atoms with Crippen LogP contribution in [0.5, 0.6) is 0 Å². The minimum atomic E-state index is -0.544. The molecule has 0 bridgehead atoms. The van der Waals surface area contributed by atoms with Gasteiger partial charge in [0, 0.05) is 17.5 Å². The van der Waals surface area contributed by atoms with Gasteiger partial charge in [0.15, 0.2) is 0 Å². The molecule has 18 heavy (non-hydrogen) atoms. The fourth-order valence-corrected chi connectivity index (χ4v) is 2.65. The zero-order chi connectivity index (χ0) is 13.3. The maximum atomic E-state index is 12.2. The molecule has 1 heterocycles. The Bertz CT molecular complexity index is 453. The average Bonchev–Trinajstić information content (AvgIpc) is 2.55. The van der Waals surface area contributed by atoms with Crippen LogP contribution in [-0.4, -0.2) is 22.0 Å². The highest BCUT2D eigenvalue weighted by molar-refractivity contribution is 5.84. The van der Waals surface area contributed by atoms with E-state index in [1.165, 1.54) is 0 Å². The van der Waals surface area contributed by atoms with Gasteiger partial charge < -0.3 is 10.0 Å². The van der Waals surface area contributed by atoms with Crippen LogP contribution in [0, 0.1) is 11.8 Å². The number of amides is 1. The summed E-state index contributed by atoms with van der Waals surface area (Å²) in [4.78, 5) is 13.9. The molecule has 1 saturated heterocycles. The smallest absolute Gasteiger partial charge is 0.230 e. The molecule has 1 N–H and O–H groups in total. The van der Waals surface area contributed by atoms with Crippen LogP contribution in [-0.2, 0) is 11.3 Å². The number of carbonyl (C=O) groups excluding carboxylic acids is 1. The molecule has 3 heteroatoms. The van der Waals surface area contributed by atoms with Crippen molar-refractivity contribution in [2.24, 2.45) is 11.8 Å². The lowest BCUT2D eigenvalue weighted by Gasteiger charge is -2.21. The van der Waals surface area contributed by atoms with Crippen LogP contribution in [0.15, 0.2) is 42.6 Å². The van der Waals surface area contributed by atoms with Crippen LogP contribution in [0.1, 0.15) is 19.4 Å². The number of aliphatic hydroxyl groups excluding tert-OH is 1. The van der Waals surface area contributed by atoms with Gasteiger partial charge in [0.1, 0.15) is 0 Å². The second-order valence-electron chi connectivity index (χ2n) is 4.96. The van der Waals surface area contributed by atoms with E-state index in [0.29, 0.717) is 6.54 Å². The Morgan fingerprint density at radius 2 is 2.00 bits per heavy atom. The first-order chi connectivity index (χ1) is 8.52. The third-order valence-corrected chi connectivity index (χ3v) is 3.63. The molecular weight excluding hydrogens is 226 g/mol. The molecule has 1 amide bonds. The number of hydrogen-bond acceptors (Lipinski definition) is 2. The third-order valence-electron chi connectivity index (χ3n) is 3.63. The van der Waals surface area contributed by atoms with Crippen molar-refractivity contribution in [1.82, 2.24) is 4.90 Å². The molecule has 0 aliphatic carbocycles. The van der Waals surface area contributed by atoms with Crippen molar-refractivity contribution in [3.63, 3.8) is 0 Å². The molecular formula is C15H19NO2. The van der Waals surface area contributed by atoms with Gasteiger partial charge in [-0.2, -0.15) is 0 Å². The van der Waals surface area contributed by atoms with E-state index in [4.69, 9.17) is 0 Å². The molecule has 1 aliphatic heterocycles. The highest BCUT2D eigenvalue weighted by atomic mass is 16.3. The van der Waals surface area contributed by atoms with Crippen molar-refractivity contribution in [2.45, 2.75) is 26.5 Å². The Hall–Kier alpha value is -1.61. The van der Waals surface area contributed by atoms with Crippen LogP contribution in [0.4, 0.5) is 0 Å². The molecule has 0 radical (unpaired) electrons. The largest absolute Gasteiger partial charge is 0.393 e. The number of rotatable bonds is 3. The summed E-state index contributed by atoms with van der Waals surface area (Å²) in [7, 11) is 0. The highest BCUT2D eigenvalue weighted by Gasteiger charge is 2.42. The van der Waals surface area contributed by atoms with Crippen LogP contribution < -0.4 is 0 Å². The Morgan fingerprint density at radius 1 is 1.39 bits per heavy atom. The first-order valence-corrected chi connectivity index (χ1v) is 6.24. The Balaban J connectivity index is 2.19. The summed E-state index contributed by atoms with van der Waals surface area (Å²) in [6.07, 6.45) is -0.544. The first-order valence-electron chi connectivity index (χ1n) is 6.24. The van der Waals surface area contributed by atoms with E-state index < -0.39 is 6.10 Å². The van der Waals surface area contributed by atoms with Gasteiger partial charge in [-0.3, -0.25) is 4.79 Å².